The Bertz CT molecular complexity index is 477. The summed E-state index contributed by atoms with van der Waals surface area (Å²) in [4.78, 5) is 11.7. The van der Waals surface area contributed by atoms with Crippen molar-refractivity contribution in [2.75, 3.05) is 19.0 Å². The number of hydrogen-bond acceptors (Lipinski definition) is 4. The van der Waals surface area contributed by atoms with Crippen LogP contribution in [0.2, 0.25) is 0 Å². The van der Waals surface area contributed by atoms with Gasteiger partial charge in [-0.05, 0) is 25.0 Å². The highest BCUT2D eigenvalue weighted by Gasteiger charge is 2.24. The number of anilines is 1. The van der Waals surface area contributed by atoms with Gasteiger partial charge in [0.15, 0.2) is 0 Å². The summed E-state index contributed by atoms with van der Waals surface area (Å²) in [5.74, 6) is 0.0951. The molecular weight excluding hydrogens is 261 g/mol. The SMILES string of the molecule is COc1ccc(F)c(NC(CN)CC(=O)NC2CC2)c1. The molecule has 1 aromatic rings. The largest absolute Gasteiger partial charge is 0.497 e. The van der Waals surface area contributed by atoms with Crippen molar-refractivity contribution in [3.05, 3.63) is 24.0 Å². The number of halogens is 1. The van der Waals surface area contributed by atoms with Crippen LogP contribution in [0.15, 0.2) is 18.2 Å². The van der Waals surface area contributed by atoms with E-state index in [0.29, 0.717) is 17.5 Å². The van der Waals surface area contributed by atoms with Crippen LogP contribution in [0, 0.1) is 5.82 Å². The monoisotopic (exact) mass is 281 g/mol. The fourth-order valence-corrected chi connectivity index (χ4v) is 1.89. The highest BCUT2D eigenvalue weighted by atomic mass is 19.1. The van der Waals surface area contributed by atoms with E-state index in [1.165, 1.54) is 19.2 Å². The quantitative estimate of drug-likeness (QED) is 0.703. The van der Waals surface area contributed by atoms with Crippen molar-refractivity contribution in [3.63, 3.8) is 0 Å². The molecule has 0 spiro atoms. The van der Waals surface area contributed by atoms with Gasteiger partial charge in [-0.25, -0.2) is 4.39 Å². The Balaban J connectivity index is 1.95. The molecule has 1 atom stereocenters. The minimum Gasteiger partial charge on any atom is -0.497 e. The lowest BCUT2D eigenvalue weighted by Crippen LogP contribution is -2.36. The van der Waals surface area contributed by atoms with Crippen molar-refractivity contribution in [1.82, 2.24) is 5.32 Å². The summed E-state index contributed by atoms with van der Waals surface area (Å²) in [5.41, 5.74) is 5.93. The van der Waals surface area contributed by atoms with E-state index in [-0.39, 0.29) is 24.9 Å². The number of carbonyl (C=O) groups excluding carboxylic acids is 1. The van der Waals surface area contributed by atoms with Crippen LogP contribution in [0.5, 0.6) is 5.75 Å². The molecular formula is C14H20FN3O2. The molecule has 0 aromatic heterocycles. The summed E-state index contributed by atoms with van der Waals surface area (Å²) in [6.45, 7) is 0.245. The van der Waals surface area contributed by atoms with Gasteiger partial charge in [-0.15, -0.1) is 0 Å². The fraction of sp³-hybridized carbons (Fsp3) is 0.500. The van der Waals surface area contributed by atoms with Crippen LogP contribution in [-0.2, 0) is 4.79 Å². The zero-order valence-electron chi connectivity index (χ0n) is 11.5. The fourth-order valence-electron chi connectivity index (χ4n) is 1.89. The molecule has 0 aliphatic heterocycles. The zero-order chi connectivity index (χ0) is 14.5. The van der Waals surface area contributed by atoms with Crippen molar-refractivity contribution in [2.24, 2.45) is 5.73 Å². The Morgan fingerprint density at radius 2 is 2.30 bits per heavy atom. The summed E-state index contributed by atoms with van der Waals surface area (Å²) in [6.07, 6.45) is 2.30. The average molecular weight is 281 g/mol. The number of hydrogen-bond donors (Lipinski definition) is 3. The van der Waals surface area contributed by atoms with E-state index >= 15 is 0 Å². The Kier molecular flexibility index (Phi) is 4.79. The maximum Gasteiger partial charge on any atom is 0.222 e. The maximum atomic E-state index is 13.7. The molecule has 0 heterocycles. The zero-order valence-corrected chi connectivity index (χ0v) is 11.5. The van der Waals surface area contributed by atoms with Crippen molar-refractivity contribution < 1.29 is 13.9 Å². The number of rotatable bonds is 7. The van der Waals surface area contributed by atoms with Crippen LogP contribution < -0.4 is 21.1 Å². The molecule has 1 saturated carbocycles. The standard InChI is InChI=1S/C14H20FN3O2/c1-20-11-4-5-12(15)13(7-11)17-10(8-16)6-14(19)18-9-2-3-9/h4-5,7,9-10,17H,2-3,6,8,16H2,1H3,(H,18,19). The summed E-state index contributed by atoms with van der Waals surface area (Å²) >= 11 is 0. The van der Waals surface area contributed by atoms with Gasteiger partial charge in [-0.3, -0.25) is 4.79 Å². The highest BCUT2D eigenvalue weighted by molar-refractivity contribution is 5.77. The van der Waals surface area contributed by atoms with Crippen molar-refractivity contribution >= 4 is 11.6 Å². The van der Waals surface area contributed by atoms with Gasteiger partial charge in [-0.2, -0.15) is 0 Å². The predicted molar refractivity (Wildman–Crippen MR) is 75.2 cm³/mol. The van der Waals surface area contributed by atoms with E-state index in [1.54, 1.807) is 6.07 Å². The molecule has 6 heteroatoms. The van der Waals surface area contributed by atoms with Crippen LogP contribution in [0.25, 0.3) is 0 Å². The third-order valence-corrected chi connectivity index (χ3v) is 3.19. The van der Waals surface area contributed by atoms with Crippen LogP contribution in [0.1, 0.15) is 19.3 Å². The highest BCUT2D eigenvalue weighted by Crippen LogP contribution is 2.22. The van der Waals surface area contributed by atoms with Crippen LogP contribution >= 0.6 is 0 Å². The second-order valence-electron chi connectivity index (χ2n) is 4.97. The Morgan fingerprint density at radius 1 is 1.55 bits per heavy atom. The lowest BCUT2D eigenvalue weighted by molar-refractivity contribution is -0.121. The minimum absolute atomic E-state index is 0.0567. The van der Waals surface area contributed by atoms with Crippen LogP contribution in [-0.4, -0.2) is 31.6 Å². The second-order valence-corrected chi connectivity index (χ2v) is 4.97. The normalized spacial score (nSPS) is 15.6. The lowest BCUT2D eigenvalue weighted by atomic mass is 10.1. The molecule has 110 valence electrons. The molecule has 0 bridgehead atoms. The number of carbonyl (C=O) groups is 1. The smallest absolute Gasteiger partial charge is 0.222 e. The van der Waals surface area contributed by atoms with Gasteiger partial charge in [0, 0.05) is 31.1 Å². The molecule has 1 amide bonds. The molecule has 20 heavy (non-hydrogen) atoms. The van der Waals surface area contributed by atoms with E-state index in [0.717, 1.165) is 12.8 Å². The van der Waals surface area contributed by atoms with E-state index in [2.05, 4.69) is 10.6 Å². The lowest BCUT2D eigenvalue weighted by Gasteiger charge is -2.18. The molecule has 2 rings (SSSR count). The molecule has 0 saturated heterocycles. The first kappa shape index (κ1) is 14.6. The molecule has 1 unspecified atom stereocenters. The molecule has 1 fully saturated rings. The first-order chi connectivity index (χ1) is 9.62. The number of nitrogens with one attached hydrogen (secondary N) is 2. The van der Waals surface area contributed by atoms with Crippen molar-refractivity contribution in [3.8, 4) is 5.75 Å². The minimum atomic E-state index is -0.396. The molecule has 1 aliphatic carbocycles. The first-order valence-corrected chi connectivity index (χ1v) is 6.72. The summed E-state index contributed by atoms with van der Waals surface area (Å²) in [5, 5.41) is 5.84. The molecule has 4 N–H and O–H groups in total. The van der Waals surface area contributed by atoms with Gasteiger partial charge in [0.2, 0.25) is 5.91 Å². The first-order valence-electron chi connectivity index (χ1n) is 6.72. The summed E-state index contributed by atoms with van der Waals surface area (Å²) < 4.78 is 18.8. The summed E-state index contributed by atoms with van der Waals surface area (Å²) in [6, 6.07) is 4.41. The maximum absolute atomic E-state index is 13.7. The average Bonchev–Trinajstić information content (AvgIpc) is 3.24. The Hall–Kier alpha value is -1.82. The number of ether oxygens (including phenoxy) is 1. The van der Waals surface area contributed by atoms with Gasteiger partial charge in [0.05, 0.1) is 12.8 Å². The van der Waals surface area contributed by atoms with Gasteiger partial charge < -0.3 is 21.1 Å². The van der Waals surface area contributed by atoms with Crippen LogP contribution in [0.4, 0.5) is 10.1 Å². The summed E-state index contributed by atoms with van der Waals surface area (Å²) in [7, 11) is 1.51. The van der Waals surface area contributed by atoms with Gasteiger partial charge in [-0.1, -0.05) is 0 Å². The third-order valence-electron chi connectivity index (χ3n) is 3.19. The number of methoxy groups -OCH3 is 1. The Labute approximate surface area is 117 Å². The topological polar surface area (TPSA) is 76.4 Å². The van der Waals surface area contributed by atoms with E-state index in [1.807, 2.05) is 0 Å². The van der Waals surface area contributed by atoms with E-state index in [4.69, 9.17) is 10.5 Å². The molecule has 0 radical (unpaired) electrons. The van der Waals surface area contributed by atoms with Crippen LogP contribution in [0.3, 0.4) is 0 Å². The van der Waals surface area contributed by atoms with Gasteiger partial charge in [0.25, 0.3) is 0 Å². The number of amides is 1. The number of benzene rings is 1. The number of nitrogens with two attached hydrogens (primary N) is 1. The van der Waals surface area contributed by atoms with Gasteiger partial charge in [0.1, 0.15) is 11.6 Å². The predicted octanol–water partition coefficient (Wildman–Crippen LogP) is 1.24. The van der Waals surface area contributed by atoms with E-state index < -0.39 is 5.82 Å². The molecule has 5 nitrogen and oxygen atoms in total. The molecule has 1 aliphatic rings. The third kappa shape index (κ3) is 4.09. The van der Waals surface area contributed by atoms with Crippen molar-refractivity contribution in [2.45, 2.75) is 31.3 Å². The Morgan fingerprint density at radius 3 is 2.90 bits per heavy atom. The van der Waals surface area contributed by atoms with Crippen molar-refractivity contribution in [1.29, 1.82) is 0 Å². The molecule has 1 aromatic carbocycles. The van der Waals surface area contributed by atoms with E-state index in [9.17, 15) is 9.18 Å². The van der Waals surface area contributed by atoms with Gasteiger partial charge >= 0.3 is 0 Å². The second kappa shape index (κ2) is 6.56.